The lowest BCUT2D eigenvalue weighted by Crippen LogP contribution is -2.44. The van der Waals surface area contributed by atoms with Crippen LogP contribution in [0.2, 0.25) is 0 Å². The number of aliphatic imine (C=N–C) groups is 1. The summed E-state index contributed by atoms with van der Waals surface area (Å²) in [6, 6.07) is 15.4. The summed E-state index contributed by atoms with van der Waals surface area (Å²) < 4.78 is 6.08. The van der Waals surface area contributed by atoms with Crippen LogP contribution in [0.3, 0.4) is 0 Å². The fourth-order valence-corrected chi connectivity index (χ4v) is 5.73. The average Bonchev–Trinajstić information content (AvgIpc) is 3.08. The van der Waals surface area contributed by atoms with Gasteiger partial charge in [-0.05, 0) is 82.4 Å². The van der Waals surface area contributed by atoms with Gasteiger partial charge in [-0.15, -0.1) is 0 Å². The first-order chi connectivity index (χ1) is 15.9. The lowest BCUT2D eigenvalue weighted by Gasteiger charge is -2.35. The Balaban J connectivity index is 1.64. The summed E-state index contributed by atoms with van der Waals surface area (Å²) in [5, 5.41) is 0.733. The maximum absolute atomic E-state index is 13.6. The molecular weight excluding hydrogens is 502 g/mol. The van der Waals surface area contributed by atoms with Crippen molar-refractivity contribution in [3.63, 3.8) is 0 Å². The highest BCUT2D eigenvalue weighted by Gasteiger charge is 2.41. The molecular formula is C25H26BrN3O3S. The van der Waals surface area contributed by atoms with Gasteiger partial charge in [0.05, 0.1) is 15.1 Å². The first-order valence-corrected chi connectivity index (χ1v) is 12.6. The smallest absolute Gasteiger partial charge is 0.267 e. The second-order valence-electron chi connectivity index (χ2n) is 8.29. The first kappa shape index (κ1) is 23.6. The molecule has 0 aromatic heterocycles. The number of amides is 2. The number of halogens is 1. The number of rotatable bonds is 6. The van der Waals surface area contributed by atoms with Crippen LogP contribution >= 0.6 is 27.7 Å². The molecule has 33 heavy (non-hydrogen) atoms. The van der Waals surface area contributed by atoms with Gasteiger partial charge in [0.15, 0.2) is 11.8 Å². The minimum absolute atomic E-state index is 0.00129. The number of carbonyl (C=O) groups is 2. The van der Waals surface area contributed by atoms with Gasteiger partial charge in [0.2, 0.25) is 0 Å². The van der Waals surface area contributed by atoms with Gasteiger partial charge < -0.3 is 10.5 Å². The van der Waals surface area contributed by atoms with E-state index in [1.807, 2.05) is 53.4 Å². The van der Waals surface area contributed by atoms with Crippen molar-refractivity contribution >= 4 is 56.4 Å². The normalized spacial score (nSPS) is 23.3. The number of para-hydroxylation sites is 1. The predicted octanol–water partition coefficient (Wildman–Crippen LogP) is 5.50. The highest BCUT2D eigenvalue weighted by atomic mass is 79.9. The standard InChI is InChI=1S/C25H26BrN3O3S/c1-16-7-5-6-10-20(16)29-24(31)22(33-25(29)28-18-8-3-2-4-9-18)14-17-11-12-21(19(26)13-17)32-15-23(27)30/h2-4,8-9,11-14,16,20H,5-7,10,15H2,1H3,(H2,27,30)/b22-14-,28-25?/t16-,20-/m0/s1. The van der Waals surface area contributed by atoms with E-state index in [1.54, 1.807) is 6.07 Å². The van der Waals surface area contributed by atoms with Crippen LogP contribution in [-0.4, -0.2) is 34.5 Å². The zero-order valence-electron chi connectivity index (χ0n) is 18.4. The highest BCUT2D eigenvalue weighted by molar-refractivity contribution is 9.10. The molecule has 0 unspecified atom stereocenters. The summed E-state index contributed by atoms with van der Waals surface area (Å²) in [7, 11) is 0. The molecule has 4 rings (SSSR count). The minimum Gasteiger partial charge on any atom is -0.483 e. The number of benzene rings is 2. The number of thioether (sulfide) groups is 1. The van der Waals surface area contributed by atoms with E-state index in [-0.39, 0.29) is 18.6 Å². The number of hydrogen-bond donors (Lipinski definition) is 1. The molecule has 1 aliphatic heterocycles. The van der Waals surface area contributed by atoms with Crippen LogP contribution in [0.25, 0.3) is 6.08 Å². The second kappa shape index (κ2) is 10.6. The largest absolute Gasteiger partial charge is 0.483 e. The average molecular weight is 528 g/mol. The van der Waals surface area contributed by atoms with E-state index in [0.717, 1.165) is 35.7 Å². The van der Waals surface area contributed by atoms with Crippen LogP contribution < -0.4 is 10.5 Å². The van der Waals surface area contributed by atoms with E-state index in [1.165, 1.54) is 18.2 Å². The summed E-state index contributed by atoms with van der Waals surface area (Å²) in [4.78, 5) is 31.9. The van der Waals surface area contributed by atoms with E-state index in [0.29, 0.717) is 21.0 Å². The number of amidine groups is 1. The van der Waals surface area contributed by atoms with Crippen LogP contribution in [0.1, 0.15) is 38.2 Å². The molecule has 6 nitrogen and oxygen atoms in total. The molecule has 0 spiro atoms. The van der Waals surface area contributed by atoms with E-state index in [9.17, 15) is 9.59 Å². The maximum Gasteiger partial charge on any atom is 0.267 e. The lowest BCUT2D eigenvalue weighted by atomic mass is 9.85. The van der Waals surface area contributed by atoms with Crippen molar-refractivity contribution in [2.45, 2.75) is 38.6 Å². The fourth-order valence-electron chi connectivity index (χ4n) is 4.17. The van der Waals surface area contributed by atoms with Crippen LogP contribution in [0, 0.1) is 5.92 Å². The monoisotopic (exact) mass is 527 g/mol. The number of nitrogens with two attached hydrogens (primary N) is 1. The molecule has 2 aromatic rings. The molecule has 0 bridgehead atoms. The molecule has 1 saturated carbocycles. The minimum atomic E-state index is -0.539. The molecule has 2 aliphatic rings. The Bertz CT molecular complexity index is 1100. The van der Waals surface area contributed by atoms with Gasteiger partial charge in [-0.25, -0.2) is 4.99 Å². The number of primary amides is 1. The number of nitrogens with zero attached hydrogens (tertiary/aromatic N) is 2. The Morgan fingerprint density at radius 3 is 2.70 bits per heavy atom. The van der Waals surface area contributed by atoms with Crippen molar-refractivity contribution in [2.24, 2.45) is 16.6 Å². The van der Waals surface area contributed by atoms with Crippen molar-refractivity contribution in [2.75, 3.05) is 6.61 Å². The zero-order valence-corrected chi connectivity index (χ0v) is 20.8. The summed E-state index contributed by atoms with van der Waals surface area (Å²) in [6.07, 6.45) is 6.33. The second-order valence-corrected chi connectivity index (χ2v) is 10.2. The predicted molar refractivity (Wildman–Crippen MR) is 136 cm³/mol. The summed E-state index contributed by atoms with van der Waals surface area (Å²) >= 11 is 4.88. The molecule has 2 fully saturated rings. The van der Waals surface area contributed by atoms with Gasteiger partial charge >= 0.3 is 0 Å². The van der Waals surface area contributed by atoms with Crippen molar-refractivity contribution in [1.82, 2.24) is 4.90 Å². The number of hydrogen-bond acceptors (Lipinski definition) is 5. The Labute approximate surface area is 206 Å². The third kappa shape index (κ3) is 5.68. The van der Waals surface area contributed by atoms with Gasteiger partial charge in [-0.1, -0.05) is 44.0 Å². The van der Waals surface area contributed by atoms with Crippen LogP contribution in [0.15, 0.2) is 62.9 Å². The fraction of sp³-hybridized carbons (Fsp3) is 0.320. The molecule has 2 atom stereocenters. The van der Waals surface area contributed by atoms with Gasteiger partial charge in [0.1, 0.15) is 5.75 Å². The first-order valence-electron chi connectivity index (χ1n) is 11.0. The van der Waals surface area contributed by atoms with Crippen LogP contribution in [0.4, 0.5) is 5.69 Å². The molecule has 1 heterocycles. The Hall–Kier alpha value is -2.58. The van der Waals surface area contributed by atoms with Crippen molar-refractivity contribution in [3.8, 4) is 5.75 Å². The molecule has 0 radical (unpaired) electrons. The van der Waals surface area contributed by atoms with Crippen LogP contribution in [-0.2, 0) is 9.59 Å². The van der Waals surface area contributed by atoms with Crippen molar-refractivity contribution in [1.29, 1.82) is 0 Å². The summed E-state index contributed by atoms with van der Waals surface area (Å²) in [6.45, 7) is 2.03. The third-order valence-corrected chi connectivity index (χ3v) is 7.44. The Morgan fingerprint density at radius 2 is 2.00 bits per heavy atom. The molecule has 8 heteroatoms. The van der Waals surface area contributed by atoms with E-state index in [2.05, 4.69) is 22.9 Å². The van der Waals surface area contributed by atoms with Crippen molar-refractivity contribution < 1.29 is 14.3 Å². The SMILES string of the molecule is C[C@H]1CCCC[C@@H]1N1C(=O)/C(=C/c2ccc(OCC(N)=O)c(Br)c2)SC1=Nc1ccccc1. The van der Waals surface area contributed by atoms with Gasteiger partial charge in [0.25, 0.3) is 11.8 Å². The van der Waals surface area contributed by atoms with Gasteiger partial charge in [-0.3, -0.25) is 14.5 Å². The Morgan fingerprint density at radius 1 is 1.24 bits per heavy atom. The van der Waals surface area contributed by atoms with Crippen molar-refractivity contribution in [3.05, 3.63) is 63.5 Å². The Kier molecular flexibility index (Phi) is 7.55. The van der Waals surface area contributed by atoms with E-state index < -0.39 is 5.91 Å². The molecule has 2 N–H and O–H groups in total. The molecule has 2 amide bonds. The molecule has 172 valence electrons. The molecule has 1 aliphatic carbocycles. The quantitative estimate of drug-likeness (QED) is 0.502. The zero-order chi connectivity index (χ0) is 23.4. The maximum atomic E-state index is 13.6. The molecule has 1 saturated heterocycles. The van der Waals surface area contributed by atoms with E-state index >= 15 is 0 Å². The summed E-state index contributed by atoms with van der Waals surface area (Å²) in [5.41, 5.74) is 6.84. The molecule has 2 aromatic carbocycles. The van der Waals surface area contributed by atoms with Gasteiger partial charge in [-0.2, -0.15) is 0 Å². The lowest BCUT2D eigenvalue weighted by molar-refractivity contribution is -0.125. The topological polar surface area (TPSA) is 85.0 Å². The summed E-state index contributed by atoms with van der Waals surface area (Å²) in [5.74, 6) is 0.409. The number of carbonyl (C=O) groups excluding carboxylic acids is 2. The number of ether oxygens (including phenoxy) is 1. The highest BCUT2D eigenvalue weighted by Crippen LogP contribution is 2.40. The third-order valence-electron chi connectivity index (χ3n) is 5.84. The van der Waals surface area contributed by atoms with Crippen LogP contribution in [0.5, 0.6) is 5.75 Å². The van der Waals surface area contributed by atoms with E-state index in [4.69, 9.17) is 15.5 Å². The van der Waals surface area contributed by atoms with Gasteiger partial charge in [0, 0.05) is 6.04 Å².